The zero-order valence-corrected chi connectivity index (χ0v) is 9.45. The molecular formula is C10H19NO4. The van der Waals surface area contributed by atoms with E-state index < -0.39 is 11.6 Å². The SMILES string of the molecule is CC(=O)OCCC1(C)C(C(C)O)C[NH+]1[O-]. The highest BCUT2D eigenvalue weighted by atomic mass is 16.5. The number of esters is 1. The lowest BCUT2D eigenvalue weighted by molar-refractivity contribution is -0.965. The molecule has 88 valence electrons. The van der Waals surface area contributed by atoms with Crippen LogP contribution in [-0.4, -0.2) is 35.9 Å². The normalized spacial score (nSPS) is 36.9. The molecular weight excluding hydrogens is 198 g/mol. The molecule has 1 heterocycles. The molecule has 2 N–H and O–H groups in total. The van der Waals surface area contributed by atoms with E-state index in [1.165, 1.54) is 6.92 Å². The number of hydrogen-bond acceptors (Lipinski definition) is 4. The van der Waals surface area contributed by atoms with Crippen LogP contribution < -0.4 is 5.06 Å². The number of aliphatic hydroxyl groups is 1. The van der Waals surface area contributed by atoms with E-state index in [1.54, 1.807) is 6.92 Å². The van der Waals surface area contributed by atoms with Gasteiger partial charge in [-0.25, -0.2) is 0 Å². The van der Waals surface area contributed by atoms with Gasteiger partial charge in [0.2, 0.25) is 0 Å². The van der Waals surface area contributed by atoms with Crippen LogP contribution in [0.1, 0.15) is 27.2 Å². The van der Waals surface area contributed by atoms with Crippen LogP contribution in [0.3, 0.4) is 0 Å². The fourth-order valence-corrected chi connectivity index (χ4v) is 2.17. The lowest BCUT2D eigenvalue weighted by Crippen LogP contribution is -3.25. The Bertz CT molecular complexity index is 244. The molecule has 5 nitrogen and oxygen atoms in total. The van der Waals surface area contributed by atoms with E-state index in [2.05, 4.69) is 0 Å². The van der Waals surface area contributed by atoms with Gasteiger partial charge in [0.1, 0.15) is 5.54 Å². The smallest absolute Gasteiger partial charge is 0.302 e. The van der Waals surface area contributed by atoms with Crippen LogP contribution in [0.25, 0.3) is 0 Å². The molecule has 0 spiro atoms. The lowest BCUT2D eigenvalue weighted by atomic mass is 9.72. The summed E-state index contributed by atoms with van der Waals surface area (Å²) in [7, 11) is 0. The van der Waals surface area contributed by atoms with Crippen molar-refractivity contribution in [2.75, 3.05) is 13.2 Å². The third kappa shape index (κ3) is 2.48. The van der Waals surface area contributed by atoms with Crippen molar-refractivity contribution in [2.24, 2.45) is 5.92 Å². The lowest BCUT2D eigenvalue weighted by Gasteiger charge is -2.56. The Labute approximate surface area is 89.6 Å². The number of carbonyl (C=O) groups is 1. The molecule has 0 amide bonds. The summed E-state index contributed by atoms with van der Waals surface area (Å²) in [5.74, 6) is -0.334. The summed E-state index contributed by atoms with van der Waals surface area (Å²) in [5.41, 5.74) is -0.510. The van der Waals surface area contributed by atoms with Crippen LogP contribution in [-0.2, 0) is 9.53 Å². The minimum Gasteiger partial charge on any atom is -0.634 e. The van der Waals surface area contributed by atoms with Gasteiger partial charge in [0.05, 0.1) is 25.2 Å². The zero-order chi connectivity index (χ0) is 11.6. The average Bonchev–Trinajstić information content (AvgIpc) is 2.12. The van der Waals surface area contributed by atoms with Crippen molar-refractivity contribution in [1.82, 2.24) is 0 Å². The molecule has 1 rings (SSSR count). The highest BCUT2D eigenvalue weighted by molar-refractivity contribution is 5.65. The molecule has 0 saturated carbocycles. The van der Waals surface area contributed by atoms with Gasteiger partial charge in [-0.3, -0.25) is 4.79 Å². The molecule has 1 saturated heterocycles. The van der Waals surface area contributed by atoms with Crippen molar-refractivity contribution in [3.8, 4) is 0 Å². The highest BCUT2D eigenvalue weighted by Crippen LogP contribution is 2.27. The molecule has 0 bridgehead atoms. The van der Waals surface area contributed by atoms with Crippen molar-refractivity contribution in [3.63, 3.8) is 0 Å². The fraction of sp³-hybridized carbons (Fsp3) is 0.900. The van der Waals surface area contributed by atoms with Crippen molar-refractivity contribution >= 4 is 5.97 Å². The number of aliphatic hydroxyl groups excluding tert-OH is 1. The second-order valence-corrected chi connectivity index (χ2v) is 4.48. The number of rotatable bonds is 4. The van der Waals surface area contributed by atoms with Gasteiger partial charge in [0.25, 0.3) is 0 Å². The van der Waals surface area contributed by atoms with Crippen LogP contribution in [0.5, 0.6) is 0 Å². The topological polar surface area (TPSA) is 74.0 Å². The molecule has 0 aliphatic carbocycles. The Morgan fingerprint density at radius 2 is 2.40 bits per heavy atom. The van der Waals surface area contributed by atoms with Crippen molar-refractivity contribution < 1.29 is 19.7 Å². The van der Waals surface area contributed by atoms with Gasteiger partial charge in [-0.15, -0.1) is 0 Å². The summed E-state index contributed by atoms with van der Waals surface area (Å²) in [6, 6.07) is 0. The Morgan fingerprint density at radius 3 is 2.80 bits per heavy atom. The quantitative estimate of drug-likeness (QED) is 0.472. The van der Waals surface area contributed by atoms with Crippen LogP contribution in [0, 0.1) is 11.1 Å². The predicted octanol–water partition coefficient (Wildman–Crippen LogP) is -0.908. The Balaban J connectivity index is 2.45. The van der Waals surface area contributed by atoms with E-state index in [0.29, 0.717) is 13.0 Å². The van der Waals surface area contributed by atoms with Gasteiger partial charge >= 0.3 is 5.97 Å². The van der Waals surface area contributed by atoms with Gasteiger partial charge in [0, 0.05) is 13.3 Å². The monoisotopic (exact) mass is 217 g/mol. The molecule has 4 unspecified atom stereocenters. The maximum absolute atomic E-state index is 11.5. The molecule has 0 radical (unpaired) electrons. The Morgan fingerprint density at radius 1 is 1.80 bits per heavy atom. The molecule has 1 aliphatic heterocycles. The molecule has 4 atom stereocenters. The molecule has 15 heavy (non-hydrogen) atoms. The molecule has 1 aliphatic rings. The first kappa shape index (κ1) is 12.4. The summed E-state index contributed by atoms with van der Waals surface area (Å²) in [6.45, 7) is 5.56. The second kappa shape index (κ2) is 4.47. The molecule has 5 heteroatoms. The number of hydroxylamine groups is 2. The highest BCUT2D eigenvalue weighted by Gasteiger charge is 2.52. The van der Waals surface area contributed by atoms with Gasteiger partial charge in [-0.2, -0.15) is 0 Å². The predicted molar refractivity (Wildman–Crippen MR) is 54.0 cm³/mol. The number of ether oxygens (including phenoxy) is 1. The summed E-state index contributed by atoms with van der Waals surface area (Å²) in [4.78, 5) is 10.6. The van der Waals surface area contributed by atoms with Crippen molar-refractivity contribution in [1.29, 1.82) is 0 Å². The third-order valence-corrected chi connectivity index (χ3v) is 3.37. The Hall–Kier alpha value is -0.650. The van der Waals surface area contributed by atoms with Gasteiger partial charge in [0.15, 0.2) is 0 Å². The minimum absolute atomic E-state index is 0.000517. The second-order valence-electron chi connectivity index (χ2n) is 4.48. The van der Waals surface area contributed by atoms with Crippen LogP contribution in [0.2, 0.25) is 0 Å². The molecule has 1 fully saturated rings. The van der Waals surface area contributed by atoms with Crippen molar-refractivity contribution in [3.05, 3.63) is 5.21 Å². The summed E-state index contributed by atoms with van der Waals surface area (Å²) < 4.78 is 4.82. The van der Waals surface area contributed by atoms with E-state index in [0.717, 1.165) is 0 Å². The van der Waals surface area contributed by atoms with Gasteiger partial charge in [-0.1, -0.05) is 0 Å². The first-order valence-electron chi connectivity index (χ1n) is 5.22. The van der Waals surface area contributed by atoms with Gasteiger partial charge < -0.3 is 20.1 Å². The van der Waals surface area contributed by atoms with Gasteiger partial charge in [-0.05, 0) is 13.8 Å². The number of carbonyl (C=O) groups excluding carboxylic acids is 1. The average molecular weight is 217 g/mol. The molecule has 0 aromatic carbocycles. The third-order valence-electron chi connectivity index (χ3n) is 3.37. The standard InChI is InChI=1S/C10H19NO4/c1-7(12)9-6-11(14)10(9,3)4-5-15-8(2)13/h7,9,11-12H,4-6H2,1-3H3. The zero-order valence-electron chi connectivity index (χ0n) is 9.45. The largest absolute Gasteiger partial charge is 0.634 e. The summed E-state index contributed by atoms with van der Waals surface area (Å²) in [5, 5.41) is 21.1. The van der Waals surface area contributed by atoms with Crippen LogP contribution >= 0.6 is 0 Å². The number of nitrogens with one attached hydrogen (secondary N) is 1. The Kier molecular flexibility index (Phi) is 3.70. The van der Waals surface area contributed by atoms with E-state index in [9.17, 15) is 15.1 Å². The van der Waals surface area contributed by atoms with E-state index >= 15 is 0 Å². The number of quaternary nitrogens is 1. The summed E-state index contributed by atoms with van der Waals surface area (Å²) in [6.07, 6.45) is 0.0195. The van der Waals surface area contributed by atoms with Crippen molar-refractivity contribution in [2.45, 2.75) is 38.8 Å². The van der Waals surface area contributed by atoms with E-state index in [4.69, 9.17) is 4.74 Å². The maximum Gasteiger partial charge on any atom is 0.302 e. The first-order valence-corrected chi connectivity index (χ1v) is 5.22. The number of hydrogen-bond donors (Lipinski definition) is 2. The van der Waals surface area contributed by atoms with E-state index in [-0.39, 0.29) is 23.6 Å². The minimum atomic E-state index is -0.510. The fourth-order valence-electron chi connectivity index (χ4n) is 2.17. The maximum atomic E-state index is 11.5. The van der Waals surface area contributed by atoms with E-state index in [1.807, 2.05) is 6.92 Å². The molecule has 0 aromatic heterocycles. The van der Waals surface area contributed by atoms with Crippen LogP contribution in [0.4, 0.5) is 0 Å². The first-order chi connectivity index (χ1) is 6.88. The van der Waals surface area contributed by atoms with Crippen LogP contribution in [0.15, 0.2) is 0 Å². The summed E-state index contributed by atoms with van der Waals surface area (Å²) >= 11 is 0. The molecule has 0 aromatic rings.